The number of nitrogen functional groups attached to an aromatic ring is 1. The average molecular weight is 422 g/mol. The van der Waals surface area contributed by atoms with E-state index < -0.39 is 0 Å². The lowest BCUT2D eigenvalue weighted by atomic mass is 10.0. The topological polar surface area (TPSA) is 109 Å². The van der Waals surface area contributed by atoms with E-state index in [1.54, 1.807) is 23.5 Å². The number of benzene rings is 1. The maximum absolute atomic E-state index is 13.3. The van der Waals surface area contributed by atoms with Gasteiger partial charge in [-0.1, -0.05) is 18.2 Å². The Morgan fingerprint density at radius 1 is 1.17 bits per heavy atom. The number of thiophene rings is 1. The molecule has 5 rings (SSSR count). The molecule has 1 saturated heterocycles. The Hall–Kier alpha value is -3.53. The molecule has 3 aromatic heterocycles. The molecule has 0 bridgehead atoms. The lowest BCUT2D eigenvalue weighted by Gasteiger charge is -2.25. The summed E-state index contributed by atoms with van der Waals surface area (Å²) in [4.78, 5) is 16.3. The average Bonchev–Trinajstić information content (AvgIpc) is 3.49. The third-order valence-electron chi connectivity index (χ3n) is 5.01. The van der Waals surface area contributed by atoms with Gasteiger partial charge in [0.2, 0.25) is 17.8 Å². The fourth-order valence-electron chi connectivity index (χ4n) is 3.66. The van der Waals surface area contributed by atoms with Crippen molar-refractivity contribution >= 4 is 35.0 Å². The highest BCUT2D eigenvalue weighted by Crippen LogP contribution is 2.35. The van der Waals surface area contributed by atoms with Crippen LogP contribution in [0, 0.1) is 5.82 Å². The summed E-state index contributed by atoms with van der Waals surface area (Å²) in [5.41, 5.74) is 7.89. The van der Waals surface area contributed by atoms with Gasteiger partial charge >= 0.3 is 0 Å². The van der Waals surface area contributed by atoms with Crippen LogP contribution < -0.4 is 16.0 Å². The number of aromatic amines is 1. The number of H-pyrrole nitrogens is 1. The summed E-state index contributed by atoms with van der Waals surface area (Å²) in [5.74, 6) is 1.28. The molecule has 0 radical (unpaired) electrons. The highest BCUT2D eigenvalue weighted by atomic mass is 32.1. The molecule has 4 aromatic rings. The maximum atomic E-state index is 13.3. The van der Waals surface area contributed by atoms with Gasteiger partial charge in [0.1, 0.15) is 5.82 Å². The Bertz CT molecular complexity index is 1140. The number of rotatable bonds is 5. The molecule has 1 fully saturated rings. The second-order valence-corrected chi connectivity index (χ2v) is 7.94. The molecule has 1 unspecified atom stereocenters. The second-order valence-electron chi connectivity index (χ2n) is 6.99. The van der Waals surface area contributed by atoms with E-state index in [-0.39, 0.29) is 17.8 Å². The highest BCUT2D eigenvalue weighted by molar-refractivity contribution is 7.13. The number of nitrogens with one attached hydrogen (secondary N) is 2. The zero-order valence-corrected chi connectivity index (χ0v) is 16.7. The molecular weight excluding hydrogens is 403 g/mol. The third-order valence-corrected chi connectivity index (χ3v) is 5.91. The van der Waals surface area contributed by atoms with E-state index in [9.17, 15) is 4.39 Å². The van der Waals surface area contributed by atoms with Gasteiger partial charge in [-0.25, -0.2) is 4.39 Å². The van der Waals surface area contributed by atoms with Crippen molar-refractivity contribution in [1.29, 1.82) is 0 Å². The van der Waals surface area contributed by atoms with Crippen LogP contribution in [0.15, 0.2) is 47.8 Å². The molecule has 1 aliphatic rings. The molecule has 1 atom stereocenters. The molecule has 0 amide bonds. The maximum Gasteiger partial charge on any atom is 0.235 e. The van der Waals surface area contributed by atoms with Gasteiger partial charge in [-0.15, -0.1) is 11.3 Å². The van der Waals surface area contributed by atoms with Crippen molar-refractivity contribution < 1.29 is 4.39 Å². The highest BCUT2D eigenvalue weighted by Gasteiger charge is 2.29. The lowest BCUT2D eigenvalue weighted by molar-refractivity contribution is 0.624. The fraction of sp³-hybridized carbons (Fsp3) is 0.200. The molecule has 8 nitrogen and oxygen atoms in total. The molecule has 152 valence electrons. The predicted octanol–water partition coefficient (Wildman–Crippen LogP) is 4.13. The number of nitrogens with zero attached hydrogens (tertiary/aromatic N) is 5. The van der Waals surface area contributed by atoms with Gasteiger partial charge in [-0.2, -0.15) is 20.1 Å². The van der Waals surface area contributed by atoms with Crippen molar-refractivity contribution in [3.05, 3.63) is 59.2 Å². The van der Waals surface area contributed by atoms with E-state index in [1.165, 1.54) is 12.1 Å². The number of hydrogen-bond acceptors (Lipinski definition) is 8. The first-order chi connectivity index (χ1) is 14.7. The molecule has 4 N–H and O–H groups in total. The van der Waals surface area contributed by atoms with Gasteiger partial charge < -0.3 is 16.0 Å². The fourth-order valence-corrected chi connectivity index (χ4v) is 4.35. The number of nitrogens with two attached hydrogens (primary N) is 1. The first-order valence-corrected chi connectivity index (χ1v) is 10.4. The normalized spacial score (nSPS) is 16.2. The van der Waals surface area contributed by atoms with Gasteiger partial charge in [0.25, 0.3) is 0 Å². The standard InChI is InChI=1S/C20H19FN8S/c21-13-7-5-12(6-8-13)15-3-1-9-29(15)20-25-18(22)24-19(26-20)23-17-11-14(27-28-17)16-4-2-10-30-16/h2,4-8,10-11,15H,1,3,9H2,(H4,22,23,24,25,26,27,28). The molecule has 30 heavy (non-hydrogen) atoms. The van der Waals surface area contributed by atoms with Crippen molar-refractivity contribution in [3.63, 3.8) is 0 Å². The van der Waals surface area contributed by atoms with Crippen LogP contribution in [0.1, 0.15) is 24.4 Å². The summed E-state index contributed by atoms with van der Waals surface area (Å²) in [7, 11) is 0. The molecular formula is C20H19FN8S. The van der Waals surface area contributed by atoms with Crippen LogP contribution in [0.5, 0.6) is 0 Å². The van der Waals surface area contributed by atoms with Crippen LogP contribution in [-0.4, -0.2) is 31.7 Å². The van der Waals surface area contributed by atoms with Crippen LogP contribution in [0.4, 0.5) is 28.1 Å². The van der Waals surface area contributed by atoms with Crippen molar-refractivity contribution in [2.75, 3.05) is 22.5 Å². The molecule has 1 aromatic carbocycles. The quantitative estimate of drug-likeness (QED) is 0.444. The Morgan fingerprint density at radius 3 is 2.83 bits per heavy atom. The molecule has 1 aliphatic heterocycles. The minimum Gasteiger partial charge on any atom is -0.368 e. The minimum absolute atomic E-state index is 0.0658. The smallest absolute Gasteiger partial charge is 0.235 e. The molecule has 0 aliphatic carbocycles. The number of anilines is 4. The molecule has 4 heterocycles. The third kappa shape index (κ3) is 3.69. The Kier molecular flexibility index (Phi) is 4.75. The Labute approximate surface area is 176 Å². The van der Waals surface area contributed by atoms with E-state index in [0.29, 0.717) is 17.7 Å². The van der Waals surface area contributed by atoms with Crippen molar-refractivity contribution in [2.45, 2.75) is 18.9 Å². The molecule has 0 saturated carbocycles. The first-order valence-electron chi connectivity index (χ1n) is 9.56. The molecule has 10 heteroatoms. The van der Waals surface area contributed by atoms with Gasteiger partial charge in [-0.05, 0) is 42.0 Å². The van der Waals surface area contributed by atoms with Crippen molar-refractivity contribution in [1.82, 2.24) is 25.1 Å². The summed E-state index contributed by atoms with van der Waals surface area (Å²) in [6.07, 6.45) is 1.92. The summed E-state index contributed by atoms with van der Waals surface area (Å²) in [5, 5.41) is 12.4. The monoisotopic (exact) mass is 422 g/mol. The van der Waals surface area contributed by atoms with E-state index in [1.807, 2.05) is 23.6 Å². The summed E-state index contributed by atoms with van der Waals surface area (Å²) in [6.45, 7) is 0.788. The van der Waals surface area contributed by atoms with Crippen LogP contribution in [0.2, 0.25) is 0 Å². The largest absolute Gasteiger partial charge is 0.368 e. The first kappa shape index (κ1) is 18.5. The number of hydrogen-bond donors (Lipinski definition) is 3. The van der Waals surface area contributed by atoms with Gasteiger partial charge in [0.15, 0.2) is 5.82 Å². The Morgan fingerprint density at radius 2 is 2.03 bits per heavy atom. The Balaban J connectivity index is 1.40. The number of aromatic nitrogens is 5. The van der Waals surface area contributed by atoms with Crippen LogP contribution >= 0.6 is 11.3 Å². The van der Waals surface area contributed by atoms with Crippen molar-refractivity contribution in [3.8, 4) is 10.6 Å². The lowest BCUT2D eigenvalue weighted by Crippen LogP contribution is -2.25. The SMILES string of the molecule is Nc1nc(Nc2cc(-c3cccs3)[nH]n2)nc(N2CCCC2c2ccc(F)cc2)n1. The summed E-state index contributed by atoms with van der Waals surface area (Å²) >= 11 is 1.63. The van der Waals surface area contributed by atoms with Crippen LogP contribution in [0.3, 0.4) is 0 Å². The van der Waals surface area contributed by atoms with Crippen LogP contribution in [-0.2, 0) is 0 Å². The van der Waals surface area contributed by atoms with E-state index >= 15 is 0 Å². The van der Waals surface area contributed by atoms with Gasteiger partial charge in [0.05, 0.1) is 16.6 Å². The summed E-state index contributed by atoms with van der Waals surface area (Å²) < 4.78 is 13.3. The zero-order valence-electron chi connectivity index (χ0n) is 15.9. The number of halogens is 1. The zero-order chi connectivity index (χ0) is 20.5. The predicted molar refractivity (Wildman–Crippen MR) is 115 cm³/mol. The summed E-state index contributed by atoms with van der Waals surface area (Å²) in [6, 6.07) is 12.5. The second kappa shape index (κ2) is 7.71. The van der Waals surface area contributed by atoms with Gasteiger partial charge in [0, 0.05) is 12.6 Å². The van der Waals surface area contributed by atoms with E-state index in [4.69, 9.17) is 5.73 Å². The van der Waals surface area contributed by atoms with Crippen LogP contribution in [0.25, 0.3) is 10.6 Å². The van der Waals surface area contributed by atoms with Gasteiger partial charge in [-0.3, -0.25) is 5.10 Å². The minimum atomic E-state index is -0.250. The van der Waals surface area contributed by atoms with E-state index in [2.05, 4.69) is 35.4 Å². The van der Waals surface area contributed by atoms with Crippen molar-refractivity contribution in [2.24, 2.45) is 0 Å². The molecule has 0 spiro atoms. The van der Waals surface area contributed by atoms with E-state index in [0.717, 1.165) is 35.5 Å².